The topological polar surface area (TPSA) is 51.2 Å². The summed E-state index contributed by atoms with van der Waals surface area (Å²) in [7, 11) is -3.74. The van der Waals surface area contributed by atoms with Crippen LogP contribution < -0.4 is 0 Å². The van der Waals surface area contributed by atoms with Gasteiger partial charge in [0, 0.05) is 5.92 Å². The smallest absolute Gasteiger partial charge is 0.189 e. The van der Waals surface area contributed by atoms with E-state index in [4.69, 9.17) is 0 Å². The Balaban J connectivity index is 2.11. The summed E-state index contributed by atoms with van der Waals surface area (Å²) in [5.41, 5.74) is 2.79. The SMILES string of the molecule is CC1=CC(=O)[C@@H](S(=O)(=O)c2ccc(C)cc2)[C@H](c2ccccc2)C1. The number of aryl methyl sites for hydroxylation is 1. The van der Waals surface area contributed by atoms with Crippen molar-refractivity contribution >= 4 is 15.6 Å². The van der Waals surface area contributed by atoms with Crippen LogP contribution in [0.2, 0.25) is 0 Å². The standard InChI is InChI=1S/C20H20O3S/c1-14-8-10-17(11-9-14)24(22,23)20-18(12-15(2)13-19(20)21)16-6-4-3-5-7-16/h3-11,13,18,20H,12H2,1-2H3/t18-,20-/m0/s1. The molecule has 0 saturated carbocycles. The molecule has 124 valence electrons. The first kappa shape index (κ1) is 16.7. The molecule has 0 amide bonds. The van der Waals surface area contributed by atoms with Gasteiger partial charge in [-0.3, -0.25) is 4.79 Å². The lowest BCUT2D eigenvalue weighted by molar-refractivity contribution is -0.115. The highest BCUT2D eigenvalue weighted by Crippen LogP contribution is 2.37. The molecule has 1 aliphatic rings. The van der Waals surface area contributed by atoms with Gasteiger partial charge in [0.05, 0.1) is 4.90 Å². The normalized spacial score (nSPS) is 21.4. The van der Waals surface area contributed by atoms with Gasteiger partial charge in [0.15, 0.2) is 15.6 Å². The minimum Gasteiger partial charge on any atom is -0.293 e. The summed E-state index contributed by atoms with van der Waals surface area (Å²) in [6, 6.07) is 16.1. The zero-order valence-corrected chi connectivity index (χ0v) is 14.6. The van der Waals surface area contributed by atoms with E-state index in [1.165, 1.54) is 6.08 Å². The van der Waals surface area contributed by atoms with Crippen LogP contribution in [-0.2, 0) is 14.6 Å². The Bertz CT molecular complexity index is 878. The molecular formula is C20H20O3S. The van der Waals surface area contributed by atoms with Crippen molar-refractivity contribution in [3.05, 3.63) is 77.4 Å². The van der Waals surface area contributed by atoms with Crippen molar-refractivity contribution < 1.29 is 13.2 Å². The molecule has 0 saturated heterocycles. The van der Waals surface area contributed by atoms with Gasteiger partial charge >= 0.3 is 0 Å². The highest BCUT2D eigenvalue weighted by molar-refractivity contribution is 7.93. The van der Waals surface area contributed by atoms with E-state index in [9.17, 15) is 13.2 Å². The first-order valence-corrected chi connectivity index (χ1v) is 9.51. The van der Waals surface area contributed by atoms with Crippen LogP contribution in [0.1, 0.15) is 30.4 Å². The predicted molar refractivity (Wildman–Crippen MR) is 94.7 cm³/mol. The monoisotopic (exact) mass is 340 g/mol. The van der Waals surface area contributed by atoms with E-state index in [0.717, 1.165) is 16.7 Å². The largest absolute Gasteiger partial charge is 0.293 e. The Morgan fingerprint density at radius 1 is 0.917 bits per heavy atom. The van der Waals surface area contributed by atoms with E-state index in [1.807, 2.05) is 44.2 Å². The molecule has 0 bridgehead atoms. The number of carbonyl (C=O) groups is 1. The van der Waals surface area contributed by atoms with Crippen LogP contribution in [0.5, 0.6) is 0 Å². The molecule has 1 aliphatic carbocycles. The van der Waals surface area contributed by atoms with E-state index < -0.39 is 15.1 Å². The van der Waals surface area contributed by atoms with Crippen molar-refractivity contribution in [1.82, 2.24) is 0 Å². The molecule has 0 unspecified atom stereocenters. The Morgan fingerprint density at radius 2 is 1.54 bits per heavy atom. The van der Waals surface area contributed by atoms with Gasteiger partial charge < -0.3 is 0 Å². The van der Waals surface area contributed by atoms with Crippen molar-refractivity contribution in [2.45, 2.75) is 36.3 Å². The van der Waals surface area contributed by atoms with Gasteiger partial charge in [-0.25, -0.2) is 8.42 Å². The molecule has 24 heavy (non-hydrogen) atoms. The maximum absolute atomic E-state index is 13.1. The molecule has 2 aromatic rings. The molecular weight excluding hydrogens is 320 g/mol. The van der Waals surface area contributed by atoms with Gasteiger partial charge in [0.1, 0.15) is 5.25 Å². The Morgan fingerprint density at radius 3 is 2.17 bits per heavy atom. The second-order valence-corrected chi connectivity index (χ2v) is 8.46. The number of rotatable bonds is 3. The summed E-state index contributed by atoms with van der Waals surface area (Å²) in [6.45, 7) is 3.78. The third-order valence-electron chi connectivity index (χ3n) is 4.49. The molecule has 2 atom stereocenters. The molecule has 0 heterocycles. The second kappa shape index (κ2) is 6.36. The fourth-order valence-corrected chi connectivity index (χ4v) is 5.14. The van der Waals surface area contributed by atoms with E-state index >= 15 is 0 Å². The quantitative estimate of drug-likeness (QED) is 0.853. The fourth-order valence-electron chi connectivity index (χ4n) is 3.27. The van der Waals surface area contributed by atoms with Gasteiger partial charge in [-0.2, -0.15) is 0 Å². The summed E-state index contributed by atoms with van der Waals surface area (Å²) in [6.07, 6.45) is 2.06. The molecule has 3 rings (SSSR count). The van der Waals surface area contributed by atoms with Crippen molar-refractivity contribution in [1.29, 1.82) is 0 Å². The lowest BCUT2D eigenvalue weighted by Gasteiger charge is -2.29. The number of allylic oxidation sites excluding steroid dienone is 2. The third kappa shape index (κ3) is 3.06. The highest BCUT2D eigenvalue weighted by Gasteiger charge is 2.42. The van der Waals surface area contributed by atoms with Gasteiger partial charge in [-0.1, -0.05) is 53.6 Å². The lowest BCUT2D eigenvalue weighted by Crippen LogP contribution is -2.38. The number of carbonyl (C=O) groups excluding carboxylic acids is 1. The molecule has 0 spiro atoms. The zero-order chi connectivity index (χ0) is 17.3. The van der Waals surface area contributed by atoms with Crippen LogP contribution in [0, 0.1) is 6.92 Å². The van der Waals surface area contributed by atoms with Gasteiger partial charge in [0.25, 0.3) is 0 Å². The van der Waals surface area contributed by atoms with Gasteiger partial charge in [-0.05, 0) is 44.0 Å². The van der Waals surface area contributed by atoms with Crippen molar-refractivity contribution in [3.63, 3.8) is 0 Å². The number of hydrogen-bond acceptors (Lipinski definition) is 3. The molecule has 0 radical (unpaired) electrons. The van der Waals surface area contributed by atoms with Gasteiger partial charge in [-0.15, -0.1) is 0 Å². The molecule has 4 heteroatoms. The minimum absolute atomic E-state index is 0.209. The summed E-state index contributed by atoms with van der Waals surface area (Å²) < 4.78 is 26.3. The number of sulfone groups is 1. The Kier molecular flexibility index (Phi) is 4.41. The highest BCUT2D eigenvalue weighted by atomic mass is 32.2. The molecule has 0 N–H and O–H groups in total. The maximum Gasteiger partial charge on any atom is 0.189 e. The summed E-state index contributed by atoms with van der Waals surface area (Å²) in [5.74, 6) is -0.678. The first-order valence-electron chi connectivity index (χ1n) is 7.96. The minimum atomic E-state index is -3.74. The second-order valence-electron chi connectivity index (χ2n) is 6.39. The van der Waals surface area contributed by atoms with Crippen LogP contribution in [0.3, 0.4) is 0 Å². The van der Waals surface area contributed by atoms with Crippen LogP contribution in [-0.4, -0.2) is 19.5 Å². The van der Waals surface area contributed by atoms with Gasteiger partial charge in [0.2, 0.25) is 0 Å². The molecule has 2 aromatic carbocycles. The van der Waals surface area contributed by atoms with Crippen LogP contribution in [0.4, 0.5) is 0 Å². The predicted octanol–water partition coefficient (Wildman–Crippen LogP) is 3.84. The van der Waals surface area contributed by atoms with E-state index in [2.05, 4.69) is 0 Å². The van der Waals surface area contributed by atoms with E-state index in [0.29, 0.717) is 6.42 Å². The Labute approximate surface area is 142 Å². The maximum atomic E-state index is 13.1. The lowest BCUT2D eigenvalue weighted by atomic mass is 9.83. The van der Waals surface area contributed by atoms with E-state index in [-0.39, 0.29) is 16.6 Å². The Hall–Kier alpha value is -2.20. The number of benzene rings is 2. The van der Waals surface area contributed by atoms with Crippen molar-refractivity contribution in [3.8, 4) is 0 Å². The number of ketones is 1. The first-order chi connectivity index (χ1) is 11.4. The zero-order valence-electron chi connectivity index (χ0n) is 13.8. The summed E-state index contributed by atoms with van der Waals surface area (Å²) in [5, 5.41) is -1.06. The van der Waals surface area contributed by atoms with Crippen LogP contribution in [0.15, 0.2) is 71.1 Å². The molecule has 3 nitrogen and oxygen atoms in total. The van der Waals surface area contributed by atoms with Crippen molar-refractivity contribution in [2.24, 2.45) is 0 Å². The third-order valence-corrected chi connectivity index (χ3v) is 6.65. The van der Waals surface area contributed by atoms with E-state index in [1.54, 1.807) is 24.3 Å². The average Bonchev–Trinajstić information content (AvgIpc) is 2.55. The van der Waals surface area contributed by atoms with Crippen LogP contribution in [0.25, 0.3) is 0 Å². The molecule has 0 fully saturated rings. The fraction of sp³-hybridized carbons (Fsp3) is 0.250. The molecule has 0 aromatic heterocycles. The number of hydrogen-bond donors (Lipinski definition) is 0. The average molecular weight is 340 g/mol. The molecule has 0 aliphatic heterocycles. The van der Waals surface area contributed by atoms with Crippen molar-refractivity contribution in [2.75, 3.05) is 0 Å². The van der Waals surface area contributed by atoms with Crippen LogP contribution >= 0.6 is 0 Å². The summed E-state index contributed by atoms with van der Waals surface area (Å²) in [4.78, 5) is 12.8. The summed E-state index contributed by atoms with van der Waals surface area (Å²) >= 11 is 0.